The van der Waals surface area contributed by atoms with Gasteiger partial charge < -0.3 is 15.2 Å². The van der Waals surface area contributed by atoms with Crippen LogP contribution in [0.5, 0.6) is 0 Å². The fourth-order valence-corrected chi connectivity index (χ4v) is 4.13. The molecule has 0 radical (unpaired) electrons. The van der Waals surface area contributed by atoms with E-state index in [-0.39, 0.29) is 11.8 Å². The smallest absolute Gasteiger partial charge is 0.255 e. The first-order valence-electron chi connectivity index (χ1n) is 9.67. The van der Waals surface area contributed by atoms with Crippen LogP contribution in [0.1, 0.15) is 54.8 Å². The molecule has 0 aliphatic carbocycles. The Bertz CT molecular complexity index is 975. The van der Waals surface area contributed by atoms with E-state index >= 15 is 0 Å². The quantitative estimate of drug-likeness (QED) is 0.710. The van der Waals surface area contributed by atoms with Crippen molar-refractivity contribution in [3.63, 3.8) is 0 Å². The van der Waals surface area contributed by atoms with Crippen molar-refractivity contribution in [2.75, 3.05) is 18.8 Å². The number of nitrogens with two attached hydrogens (primary N) is 1. The Morgan fingerprint density at radius 1 is 1.15 bits per heavy atom. The normalized spacial score (nSPS) is 17.6. The van der Waals surface area contributed by atoms with Crippen LogP contribution in [0.25, 0.3) is 11.0 Å². The zero-order valence-electron chi connectivity index (χ0n) is 15.9. The van der Waals surface area contributed by atoms with Gasteiger partial charge in [-0.15, -0.1) is 0 Å². The summed E-state index contributed by atoms with van der Waals surface area (Å²) in [7, 11) is 0. The van der Waals surface area contributed by atoms with E-state index in [1.54, 1.807) is 6.07 Å². The minimum atomic E-state index is 0.0185. The van der Waals surface area contributed by atoms with Gasteiger partial charge in [0.05, 0.1) is 16.6 Å². The molecule has 4 rings (SSSR count). The molecule has 1 fully saturated rings. The standard InChI is InChI=1S/C22H26N4O/c1-15(2)26-20-12-6-5-11-19(20)24-21(26)16-8-7-13-25(14-16)22(27)17-9-3-4-10-18(17)23/h3-6,9-12,15-16H,7-8,13-14,23H2,1-2H3/t16-/m0/s1. The number of imidazole rings is 1. The zero-order valence-corrected chi connectivity index (χ0v) is 15.9. The van der Waals surface area contributed by atoms with Crippen molar-refractivity contribution in [2.45, 2.75) is 38.6 Å². The molecule has 140 valence electrons. The van der Waals surface area contributed by atoms with Crippen LogP contribution in [-0.2, 0) is 0 Å². The van der Waals surface area contributed by atoms with E-state index in [0.29, 0.717) is 23.8 Å². The van der Waals surface area contributed by atoms with Crippen molar-refractivity contribution >= 4 is 22.6 Å². The average Bonchev–Trinajstić information content (AvgIpc) is 3.08. The highest BCUT2D eigenvalue weighted by atomic mass is 16.2. The molecule has 1 aromatic heterocycles. The number of benzene rings is 2. The third kappa shape index (κ3) is 3.18. The molecule has 1 atom stereocenters. The highest BCUT2D eigenvalue weighted by molar-refractivity contribution is 5.99. The van der Waals surface area contributed by atoms with Gasteiger partial charge in [-0.1, -0.05) is 24.3 Å². The van der Waals surface area contributed by atoms with Crippen LogP contribution in [0, 0.1) is 0 Å². The number of carbonyl (C=O) groups is 1. The Hall–Kier alpha value is -2.82. The second-order valence-electron chi connectivity index (χ2n) is 7.60. The monoisotopic (exact) mass is 362 g/mol. The molecule has 1 aliphatic rings. The second-order valence-corrected chi connectivity index (χ2v) is 7.60. The van der Waals surface area contributed by atoms with E-state index in [2.05, 4.69) is 36.6 Å². The van der Waals surface area contributed by atoms with Gasteiger partial charge in [0.25, 0.3) is 5.91 Å². The third-order valence-electron chi connectivity index (χ3n) is 5.40. The van der Waals surface area contributed by atoms with E-state index in [1.165, 1.54) is 5.52 Å². The largest absolute Gasteiger partial charge is 0.398 e. The molecule has 2 heterocycles. The summed E-state index contributed by atoms with van der Waals surface area (Å²) in [5, 5.41) is 0. The van der Waals surface area contributed by atoms with Crippen molar-refractivity contribution in [3.05, 3.63) is 59.9 Å². The van der Waals surface area contributed by atoms with Crippen molar-refractivity contribution in [3.8, 4) is 0 Å². The lowest BCUT2D eigenvalue weighted by Crippen LogP contribution is -2.40. The summed E-state index contributed by atoms with van der Waals surface area (Å²) < 4.78 is 2.32. The maximum atomic E-state index is 13.0. The summed E-state index contributed by atoms with van der Waals surface area (Å²) in [4.78, 5) is 19.9. The van der Waals surface area contributed by atoms with E-state index in [9.17, 15) is 4.79 Å². The number of rotatable bonds is 3. The van der Waals surface area contributed by atoms with Gasteiger partial charge in [0.15, 0.2) is 0 Å². The predicted molar refractivity (Wildman–Crippen MR) is 109 cm³/mol. The first kappa shape index (κ1) is 17.6. The van der Waals surface area contributed by atoms with Crippen LogP contribution in [-0.4, -0.2) is 33.4 Å². The minimum absolute atomic E-state index is 0.0185. The van der Waals surface area contributed by atoms with E-state index < -0.39 is 0 Å². The fourth-order valence-electron chi connectivity index (χ4n) is 4.13. The third-order valence-corrected chi connectivity index (χ3v) is 5.40. The Balaban J connectivity index is 1.66. The van der Waals surface area contributed by atoms with Gasteiger partial charge in [0.2, 0.25) is 0 Å². The van der Waals surface area contributed by atoms with Gasteiger partial charge >= 0.3 is 0 Å². The Morgan fingerprint density at radius 3 is 2.67 bits per heavy atom. The van der Waals surface area contributed by atoms with Gasteiger partial charge in [0.1, 0.15) is 5.82 Å². The summed E-state index contributed by atoms with van der Waals surface area (Å²) in [6.07, 6.45) is 2.02. The SMILES string of the molecule is CC(C)n1c([C@H]2CCCN(C(=O)c3ccccc3N)C2)nc2ccccc21. The number of nitrogens with zero attached hydrogens (tertiary/aromatic N) is 3. The first-order chi connectivity index (χ1) is 13.1. The lowest BCUT2D eigenvalue weighted by atomic mass is 9.96. The topological polar surface area (TPSA) is 64.2 Å². The first-order valence-corrected chi connectivity index (χ1v) is 9.67. The van der Waals surface area contributed by atoms with E-state index in [1.807, 2.05) is 29.2 Å². The second kappa shape index (κ2) is 7.06. The average molecular weight is 362 g/mol. The fraction of sp³-hybridized carbons (Fsp3) is 0.364. The predicted octanol–water partition coefficient (Wildman–Crippen LogP) is 4.22. The van der Waals surface area contributed by atoms with Crippen LogP contribution >= 0.6 is 0 Å². The maximum absolute atomic E-state index is 13.0. The molecule has 2 aromatic carbocycles. The molecule has 1 aliphatic heterocycles. The van der Waals surface area contributed by atoms with Crippen LogP contribution in [0.3, 0.4) is 0 Å². The number of fused-ring (bicyclic) bond motifs is 1. The number of para-hydroxylation sites is 3. The minimum Gasteiger partial charge on any atom is -0.398 e. The van der Waals surface area contributed by atoms with Crippen molar-refractivity contribution < 1.29 is 4.79 Å². The zero-order chi connectivity index (χ0) is 19.0. The van der Waals surface area contributed by atoms with Crippen molar-refractivity contribution in [1.82, 2.24) is 14.5 Å². The summed E-state index contributed by atoms with van der Waals surface area (Å²) in [6.45, 7) is 5.83. The summed E-state index contributed by atoms with van der Waals surface area (Å²) in [5.41, 5.74) is 9.35. The number of likely N-dealkylation sites (tertiary alicyclic amines) is 1. The number of hydrogen-bond acceptors (Lipinski definition) is 3. The maximum Gasteiger partial charge on any atom is 0.255 e. The molecular formula is C22H26N4O. The van der Waals surface area contributed by atoms with Crippen LogP contribution in [0.2, 0.25) is 0 Å². The summed E-state index contributed by atoms with van der Waals surface area (Å²) >= 11 is 0. The number of aromatic nitrogens is 2. The molecule has 5 heteroatoms. The number of nitrogen functional groups attached to an aromatic ring is 1. The number of amides is 1. The van der Waals surface area contributed by atoms with Crippen molar-refractivity contribution in [1.29, 1.82) is 0 Å². The van der Waals surface area contributed by atoms with E-state index in [0.717, 1.165) is 30.7 Å². The Kier molecular flexibility index (Phi) is 4.60. The van der Waals surface area contributed by atoms with Gasteiger partial charge in [-0.05, 0) is 51.0 Å². The molecule has 5 nitrogen and oxygen atoms in total. The van der Waals surface area contributed by atoms with Crippen molar-refractivity contribution in [2.24, 2.45) is 0 Å². The summed E-state index contributed by atoms with van der Waals surface area (Å²) in [5.74, 6) is 1.34. The summed E-state index contributed by atoms with van der Waals surface area (Å²) in [6, 6.07) is 15.9. The molecule has 2 N–H and O–H groups in total. The molecule has 0 unspecified atom stereocenters. The number of piperidine rings is 1. The van der Waals surface area contributed by atoms with Crippen LogP contribution in [0.4, 0.5) is 5.69 Å². The molecule has 0 saturated carbocycles. The highest BCUT2D eigenvalue weighted by Gasteiger charge is 2.30. The number of anilines is 1. The van der Waals surface area contributed by atoms with Gasteiger partial charge in [-0.3, -0.25) is 4.79 Å². The lowest BCUT2D eigenvalue weighted by Gasteiger charge is -2.33. The number of carbonyl (C=O) groups excluding carboxylic acids is 1. The number of hydrogen-bond donors (Lipinski definition) is 1. The van der Waals surface area contributed by atoms with Gasteiger partial charge in [0, 0.05) is 30.7 Å². The molecule has 0 spiro atoms. The molecule has 3 aromatic rings. The highest BCUT2D eigenvalue weighted by Crippen LogP contribution is 2.32. The van der Waals surface area contributed by atoms with E-state index in [4.69, 9.17) is 10.7 Å². The molecule has 1 saturated heterocycles. The van der Waals surface area contributed by atoms with Gasteiger partial charge in [-0.2, -0.15) is 0 Å². The van der Waals surface area contributed by atoms with Crippen LogP contribution < -0.4 is 5.73 Å². The Morgan fingerprint density at radius 2 is 1.89 bits per heavy atom. The molecule has 1 amide bonds. The van der Waals surface area contributed by atoms with Gasteiger partial charge in [-0.25, -0.2) is 4.98 Å². The Labute approximate surface area is 159 Å². The lowest BCUT2D eigenvalue weighted by molar-refractivity contribution is 0.0704. The molecule has 27 heavy (non-hydrogen) atoms. The van der Waals surface area contributed by atoms with Crippen LogP contribution in [0.15, 0.2) is 48.5 Å². The molecule has 0 bridgehead atoms. The molecular weight excluding hydrogens is 336 g/mol.